The van der Waals surface area contributed by atoms with E-state index in [1.807, 2.05) is 44.2 Å². The molecule has 0 heterocycles. The highest BCUT2D eigenvalue weighted by Crippen LogP contribution is 2.16. The van der Waals surface area contributed by atoms with Crippen molar-refractivity contribution < 1.29 is 28.7 Å². The van der Waals surface area contributed by atoms with Crippen LogP contribution in [0.5, 0.6) is 0 Å². The van der Waals surface area contributed by atoms with E-state index in [1.54, 1.807) is 24.3 Å². The maximum Gasteiger partial charge on any atom is 0.246 e. The summed E-state index contributed by atoms with van der Waals surface area (Å²) in [4.78, 5) is 50.5. The Morgan fingerprint density at radius 3 is 2.19 bits per heavy atom. The second kappa shape index (κ2) is 17.9. The molecule has 0 aliphatic carbocycles. The quantitative estimate of drug-likeness (QED) is 0.102. The summed E-state index contributed by atoms with van der Waals surface area (Å²) in [5.41, 5.74) is 12.6. The number of anilines is 1. The maximum absolute atomic E-state index is 13.5. The predicted octanol–water partition coefficient (Wildman–Crippen LogP) is 2.26. The van der Waals surface area contributed by atoms with Gasteiger partial charge in [0.1, 0.15) is 18.7 Å². The SMILES string of the molecule is [B]C(=O)OCc1ccc(NC(=O)[C@H](CCCCN)NC(=O)[C@H](Cc2ccccc2)NC(=O)CCC(C)(C)OCN)cc1. The summed E-state index contributed by atoms with van der Waals surface area (Å²) in [6, 6.07) is 14.2. The highest BCUT2D eigenvalue weighted by atomic mass is 16.5. The van der Waals surface area contributed by atoms with E-state index in [9.17, 15) is 19.2 Å². The van der Waals surface area contributed by atoms with Gasteiger partial charge in [-0.05, 0) is 69.3 Å². The molecule has 42 heavy (non-hydrogen) atoms. The first-order valence-corrected chi connectivity index (χ1v) is 14.0. The third-order valence-electron chi connectivity index (χ3n) is 6.55. The van der Waals surface area contributed by atoms with Crippen LogP contribution >= 0.6 is 0 Å². The van der Waals surface area contributed by atoms with Gasteiger partial charge in [0.05, 0.1) is 12.3 Å². The molecule has 0 saturated heterocycles. The highest BCUT2D eigenvalue weighted by Gasteiger charge is 2.28. The Labute approximate surface area is 248 Å². The number of ether oxygens (including phenoxy) is 2. The molecule has 0 fully saturated rings. The van der Waals surface area contributed by atoms with Gasteiger partial charge in [-0.3, -0.25) is 19.2 Å². The number of rotatable bonds is 18. The zero-order valence-corrected chi connectivity index (χ0v) is 24.4. The normalized spacial score (nSPS) is 12.6. The van der Waals surface area contributed by atoms with Crippen LogP contribution in [0.15, 0.2) is 54.6 Å². The number of carbonyl (C=O) groups excluding carboxylic acids is 4. The zero-order valence-electron chi connectivity index (χ0n) is 24.4. The summed E-state index contributed by atoms with van der Waals surface area (Å²) in [6.45, 7) is 4.18. The number of benzene rings is 2. The van der Waals surface area contributed by atoms with E-state index in [0.29, 0.717) is 43.5 Å². The monoisotopic (exact) mass is 579 g/mol. The van der Waals surface area contributed by atoms with Gasteiger partial charge in [0.25, 0.3) is 0 Å². The molecule has 11 nitrogen and oxygen atoms in total. The summed E-state index contributed by atoms with van der Waals surface area (Å²) in [6.07, 6.45) is 2.44. The van der Waals surface area contributed by atoms with Crippen molar-refractivity contribution in [3.63, 3.8) is 0 Å². The number of hydrogen-bond donors (Lipinski definition) is 5. The molecule has 7 N–H and O–H groups in total. The van der Waals surface area contributed by atoms with Crippen molar-refractivity contribution in [1.82, 2.24) is 10.6 Å². The van der Waals surface area contributed by atoms with Crippen molar-refractivity contribution in [3.8, 4) is 0 Å². The van der Waals surface area contributed by atoms with Crippen LogP contribution in [0.2, 0.25) is 0 Å². The molecule has 2 radical (unpaired) electrons. The lowest BCUT2D eigenvalue weighted by atomic mass is 10.0. The largest absolute Gasteiger partial charge is 0.470 e. The molecule has 2 atom stereocenters. The van der Waals surface area contributed by atoms with E-state index in [0.717, 1.165) is 5.56 Å². The Morgan fingerprint density at radius 1 is 0.881 bits per heavy atom. The van der Waals surface area contributed by atoms with E-state index >= 15 is 0 Å². The first-order chi connectivity index (χ1) is 20.0. The van der Waals surface area contributed by atoms with Crippen LogP contribution < -0.4 is 27.4 Å². The third kappa shape index (κ3) is 13.3. The molecular weight excluding hydrogens is 537 g/mol. The first-order valence-electron chi connectivity index (χ1n) is 14.0. The Bertz CT molecular complexity index is 1150. The molecule has 0 bridgehead atoms. The minimum atomic E-state index is -0.909. The summed E-state index contributed by atoms with van der Waals surface area (Å²) in [5.74, 6) is -2.08. The fourth-order valence-corrected chi connectivity index (χ4v) is 4.14. The number of amides is 3. The topological polar surface area (TPSA) is 175 Å². The molecular formula is C30H42BN5O6. The Kier molecular flexibility index (Phi) is 14.7. The second-order valence-electron chi connectivity index (χ2n) is 10.5. The molecule has 0 spiro atoms. The first kappa shape index (κ1) is 34.5. The van der Waals surface area contributed by atoms with Crippen LogP contribution in [-0.4, -0.2) is 62.4 Å². The van der Waals surface area contributed by atoms with Crippen LogP contribution in [0.25, 0.3) is 0 Å². The lowest BCUT2D eigenvalue weighted by Crippen LogP contribution is -2.53. The zero-order chi connectivity index (χ0) is 31.0. The minimum absolute atomic E-state index is 0.00734. The average molecular weight is 580 g/mol. The lowest BCUT2D eigenvalue weighted by Gasteiger charge is -2.26. The Balaban J connectivity index is 2.14. The van der Waals surface area contributed by atoms with Gasteiger partial charge >= 0.3 is 0 Å². The fraction of sp³-hybridized carbons (Fsp3) is 0.467. The number of carbonyl (C=O) groups is 4. The van der Waals surface area contributed by atoms with E-state index in [2.05, 4.69) is 16.0 Å². The number of nitrogens with two attached hydrogens (primary N) is 2. The summed E-state index contributed by atoms with van der Waals surface area (Å²) < 4.78 is 10.2. The summed E-state index contributed by atoms with van der Waals surface area (Å²) >= 11 is 0. The average Bonchev–Trinajstić information content (AvgIpc) is 2.95. The van der Waals surface area contributed by atoms with Crippen LogP contribution in [0, 0.1) is 0 Å². The van der Waals surface area contributed by atoms with Crippen molar-refractivity contribution in [2.45, 2.75) is 76.7 Å². The van der Waals surface area contributed by atoms with E-state index < -0.39 is 35.4 Å². The fourth-order valence-electron chi connectivity index (χ4n) is 4.14. The van der Waals surface area contributed by atoms with Crippen LogP contribution in [-0.2, 0) is 36.9 Å². The van der Waals surface area contributed by atoms with Crippen molar-refractivity contribution in [2.75, 3.05) is 18.6 Å². The van der Waals surface area contributed by atoms with Crippen molar-refractivity contribution in [2.24, 2.45) is 11.5 Å². The van der Waals surface area contributed by atoms with Gasteiger partial charge in [-0.1, -0.05) is 42.5 Å². The summed E-state index contributed by atoms with van der Waals surface area (Å²) in [5, 5.41) is 8.49. The lowest BCUT2D eigenvalue weighted by molar-refractivity contribution is -0.131. The molecule has 2 aromatic rings. The third-order valence-corrected chi connectivity index (χ3v) is 6.55. The van der Waals surface area contributed by atoms with E-state index in [4.69, 9.17) is 28.8 Å². The van der Waals surface area contributed by atoms with Crippen molar-refractivity contribution in [1.29, 1.82) is 0 Å². The predicted molar refractivity (Wildman–Crippen MR) is 161 cm³/mol. The van der Waals surface area contributed by atoms with Gasteiger partial charge in [-0.25, -0.2) is 0 Å². The molecule has 3 amide bonds. The molecule has 0 aromatic heterocycles. The molecule has 12 heteroatoms. The molecule has 2 aromatic carbocycles. The number of nitrogens with one attached hydrogen (secondary N) is 3. The van der Waals surface area contributed by atoms with Crippen molar-refractivity contribution in [3.05, 3.63) is 65.7 Å². The van der Waals surface area contributed by atoms with Crippen LogP contribution in [0.1, 0.15) is 57.1 Å². The second-order valence-corrected chi connectivity index (χ2v) is 10.5. The number of hydrogen-bond acceptors (Lipinski definition) is 8. The maximum atomic E-state index is 13.5. The van der Waals surface area contributed by atoms with Gasteiger partial charge in [0, 0.05) is 18.5 Å². The van der Waals surface area contributed by atoms with Gasteiger partial charge in [-0.2, -0.15) is 0 Å². The molecule has 2 rings (SSSR count). The Morgan fingerprint density at radius 2 is 1.57 bits per heavy atom. The van der Waals surface area contributed by atoms with Gasteiger partial charge < -0.3 is 36.9 Å². The van der Waals surface area contributed by atoms with Gasteiger partial charge in [0.15, 0.2) is 0 Å². The van der Waals surface area contributed by atoms with Crippen LogP contribution in [0.4, 0.5) is 10.5 Å². The Hall–Kier alpha value is -3.74. The minimum Gasteiger partial charge on any atom is -0.470 e. The summed E-state index contributed by atoms with van der Waals surface area (Å²) in [7, 11) is 5.00. The molecule has 0 unspecified atom stereocenters. The van der Waals surface area contributed by atoms with Crippen LogP contribution in [0.3, 0.4) is 0 Å². The highest BCUT2D eigenvalue weighted by molar-refractivity contribution is 6.55. The van der Waals surface area contributed by atoms with Gasteiger partial charge in [0.2, 0.25) is 31.4 Å². The standard InChI is InChI=1S/C30H42BN5O6/c1-30(2,42-20-33)16-15-26(37)35-25(18-21-8-4-3-5-9-21)28(39)36-24(10-6-7-17-32)27(38)34-23-13-11-22(12-14-23)19-41-29(31)40/h3-5,8-9,11-14,24-25H,6-7,10,15-20,32-33H2,1-2H3,(H,34,38)(H,35,37)(H,36,39)/t24-,25-/m0/s1. The van der Waals surface area contributed by atoms with E-state index in [1.165, 1.54) is 0 Å². The molecule has 226 valence electrons. The van der Waals surface area contributed by atoms with E-state index in [-0.39, 0.29) is 32.1 Å². The smallest absolute Gasteiger partial charge is 0.246 e. The molecule has 0 saturated carbocycles. The van der Waals surface area contributed by atoms with Gasteiger partial charge in [-0.15, -0.1) is 0 Å². The number of unbranched alkanes of at least 4 members (excludes halogenated alkanes) is 1. The molecule has 0 aliphatic heterocycles. The van der Waals surface area contributed by atoms with Crippen molar-refractivity contribution >= 4 is 37.1 Å². The molecule has 0 aliphatic rings.